The number of fused-ring (bicyclic) bond motifs is 1. The van der Waals surface area contributed by atoms with Crippen molar-refractivity contribution in [3.05, 3.63) is 59.4 Å². The fourth-order valence-corrected chi connectivity index (χ4v) is 5.33. The molecule has 1 aliphatic heterocycles. The van der Waals surface area contributed by atoms with Crippen molar-refractivity contribution in [3.63, 3.8) is 0 Å². The van der Waals surface area contributed by atoms with Gasteiger partial charge in [0.25, 0.3) is 0 Å². The van der Waals surface area contributed by atoms with E-state index in [0.29, 0.717) is 18.8 Å². The molecule has 0 saturated heterocycles. The molecule has 7 heteroatoms. The van der Waals surface area contributed by atoms with E-state index in [9.17, 15) is 13.5 Å². The second-order valence-electron chi connectivity index (χ2n) is 6.72. The molecule has 2 aromatic rings. The number of nitrogens with zero attached hydrogens (tertiary/aromatic N) is 2. The number of benzene rings is 2. The van der Waals surface area contributed by atoms with Crippen molar-refractivity contribution in [1.82, 2.24) is 4.31 Å². The normalized spacial score (nSPS) is 19.1. The Morgan fingerprint density at radius 1 is 1.19 bits per heavy atom. The summed E-state index contributed by atoms with van der Waals surface area (Å²) in [6.45, 7) is 4.88. The number of para-hydroxylation sites is 1. The van der Waals surface area contributed by atoms with Crippen LogP contribution in [0.1, 0.15) is 30.9 Å². The lowest BCUT2D eigenvalue weighted by Gasteiger charge is -2.55. The molecule has 0 radical (unpaired) electrons. The SMILES string of the molecule is Cc1ccc2c(c1)CN(C(C)CCCN)S(O)(O)N2c1ccccc1F. The summed E-state index contributed by atoms with van der Waals surface area (Å²) in [6, 6.07) is 11.8. The van der Waals surface area contributed by atoms with Crippen LogP contribution in [0.5, 0.6) is 0 Å². The van der Waals surface area contributed by atoms with Crippen molar-refractivity contribution < 1.29 is 13.5 Å². The summed E-state index contributed by atoms with van der Waals surface area (Å²) >= 11 is 0. The third kappa shape index (κ3) is 3.45. The minimum Gasteiger partial charge on any atom is -0.330 e. The van der Waals surface area contributed by atoms with Gasteiger partial charge in [0.1, 0.15) is 5.82 Å². The third-order valence-electron chi connectivity index (χ3n) is 4.73. The number of aryl methyl sites for hydroxylation is 1. The van der Waals surface area contributed by atoms with Crippen LogP contribution in [0.25, 0.3) is 0 Å². The molecule has 2 aromatic carbocycles. The van der Waals surface area contributed by atoms with Gasteiger partial charge in [0.2, 0.25) is 0 Å². The summed E-state index contributed by atoms with van der Waals surface area (Å²) in [5.41, 5.74) is 8.42. The van der Waals surface area contributed by atoms with Crippen LogP contribution in [0.2, 0.25) is 0 Å². The zero-order valence-corrected chi connectivity index (χ0v) is 15.9. The quantitative estimate of drug-likeness (QED) is 0.696. The van der Waals surface area contributed by atoms with Crippen molar-refractivity contribution in [1.29, 1.82) is 0 Å². The first-order valence-electron chi connectivity index (χ1n) is 8.75. The number of rotatable bonds is 5. The zero-order chi connectivity index (χ0) is 18.9. The van der Waals surface area contributed by atoms with E-state index in [1.807, 2.05) is 32.0 Å². The molecule has 0 bridgehead atoms. The van der Waals surface area contributed by atoms with E-state index in [-0.39, 0.29) is 11.7 Å². The Labute approximate surface area is 155 Å². The van der Waals surface area contributed by atoms with Crippen molar-refractivity contribution in [2.45, 2.75) is 39.3 Å². The van der Waals surface area contributed by atoms with E-state index < -0.39 is 16.8 Å². The number of nitrogens with two attached hydrogens (primary N) is 1. The van der Waals surface area contributed by atoms with Gasteiger partial charge in [0.05, 0.1) is 11.4 Å². The lowest BCUT2D eigenvalue weighted by Crippen LogP contribution is -2.45. The topological polar surface area (TPSA) is 73.0 Å². The van der Waals surface area contributed by atoms with Crippen LogP contribution < -0.4 is 10.0 Å². The van der Waals surface area contributed by atoms with Gasteiger partial charge in [-0.1, -0.05) is 29.8 Å². The fraction of sp³-hybridized carbons (Fsp3) is 0.368. The average molecular weight is 380 g/mol. The Bertz CT molecular complexity index is 787. The second-order valence-corrected chi connectivity index (χ2v) is 8.54. The molecule has 0 spiro atoms. The number of hydrogen-bond acceptors (Lipinski definition) is 5. The first-order valence-corrected chi connectivity index (χ1v) is 10.2. The van der Waals surface area contributed by atoms with Gasteiger partial charge in [-0.15, -0.1) is 0 Å². The molecule has 0 saturated carbocycles. The van der Waals surface area contributed by atoms with E-state index >= 15 is 0 Å². The number of halogens is 1. The van der Waals surface area contributed by atoms with Crippen LogP contribution in [0, 0.1) is 12.7 Å². The molecule has 0 aromatic heterocycles. The van der Waals surface area contributed by atoms with E-state index in [1.54, 1.807) is 22.5 Å². The van der Waals surface area contributed by atoms with Crippen LogP contribution in [-0.4, -0.2) is 26.0 Å². The lowest BCUT2D eigenvalue weighted by molar-refractivity contribution is 0.269. The molecule has 1 heterocycles. The molecular weight excluding hydrogens is 353 g/mol. The van der Waals surface area contributed by atoms with Crippen molar-refractivity contribution >= 4 is 22.3 Å². The van der Waals surface area contributed by atoms with Crippen LogP contribution >= 0.6 is 11.0 Å². The Hall–Kier alpha value is -1.64. The second kappa shape index (κ2) is 7.54. The van der Waals surface area contributed by atoms with E-state index in [0.717, 1.165) is 24.0 Å². The molecule has 4 N–H and O–H groups in total. The van der Waals surface area contributed by atoms with Gasteiger partial charge in [0, 0.05) is 12.6 Å². The van der Waals surface area contributed by atoms with Crippen molar-refractivity contribution in [2.24, 2.45) is 5.73 Å². The average Bonchev–Trinajstić information content (AvgIpc) is 2.60. The molecule has 3 rings (SSSR count). The Kier molecular flexibility index (Phi) is 5.55. The highest BCUT2D eigenvalue weighted by molar-refractivity contribution is 8.23. The van der Waals surface area contributed by atoms with Gasteiger partial charge in [-0.3, -0.25) is 9.11 Å². The highest BCUT2D eigenvalue weighted by atomic mass is 32.3. The standard InChI is InChI=1S/C19H26FN3O2S/c1-14-9-10-18-16(12-14)13-22(15(2)6-5-11-21)26(24,25)23(18)19-8-4-3-7-17(19)20/h3-4,7-10,12,15,24-25H,5-6,11,13,21H2,1-2H3. The highest BCUT2D eigenvalue weighted by Gasteiger charge is 2.41. The van der Waals surface area contributed by atoms with E-state index in [4.69, 9.17) is 5.73 Å². The largest absolute Gasteiger partial charge is 0.330 e. The Morgan fingerprint density at radius 2 is 1.92 bits per heavy atom. The maximum Gasteiger partial charge on any atom is 0.148 e. The first kappa shape index (κ1) is 19.1. The number of anilines is 2. The molecule has 5 nitrogen and oxygen atoms in total. The Morgan fingerprint density at radius 3 is 2.62 bits per heavy atom. The van der Waals surface area contributed by atoms with Gasteiger partial charge >= 0.3 is 0 Å². The molecule has 1 unspecified atom stereocenters. The van der Waals surface area contributed by atoms with Crippen LogP contribution in [-0.2, 0) is 6.54 Å². The summed E-state index contributed by atoms with van der Waals surface area (Å²) in [5, 5.41) is 0. The molecule has 26 heavy (non-hydrogen) atoms. The van der Waals surface area contributed by atoms with Crippen LogP contribution in [0.15, 0.2) is 42.5 Å². The molecule has 142 valence electrons. The highest BCUT2D eigenvalue weighted by Crippen LogP contribution is 2.60. The summed E-state index contributed by atoms with van der Waals surface area (Å²) in [5.74, 6) is -0.490. The summed E-state index contributed by atoms with van der Waals surface area (Å²) < 4.78 is 39.8. The van der Waals surface area contributed by atoms with Gasteiger partial charge < -0.3 is 5.73 Å². The summed E-state index contributed by atoms with van der Waals surface area (Å²) in [4.78, 5) is 0. The summed E-state index contributed by atoms with van der Waals surface area (Å²) in [6.07, 6.45) is 1.52. The van der Waals surface area contributed by atoms with Crippen LogP contribution in [0.3, 0.4) is 0 Å². The first-order chi connectivity index (χ1) is 12.4. The zero-order valence-electron chi connectivity index (χ0n) is 15.1. The maximum atomic E-state index is 14.5. The van der Waals surface area contributed by atoms with E-state index in [2.05, 4.69) is 0 Å². The van der Waals surface area contributed by atoms with Gasteiger partial charge in [-0.25, -0.2) is 8.70 Å². The van der Waals surface area contributed by atoms with Gasteiger partial charge in [0.15, 0.2) is 0 Å². The molecule has 1 aliphatic rings. The molecule has 0 aliphatic carbocycles. The third-order valence-corrected chi connectivity index (χ3v) is 6.73. The molecular formula is C19H26FN3O2S. The predicted molar refractivity (Wildman–Crippen MR) is 106 cm³/mol. The summed E-state index contributed by atoms with van der Waals surface area (Å²) in [7, 11) is -3.41. The monoisotopic (exact) mass is 379 g/mol. The minimum atomic E-state index is -3.41. The van der Waals surface area contributed by atoms with Crippen LogP contribution in [0.4, 0.5) is 15.8 Å². The molecule has 0 amide bonds. The molecule has 1 atom stereocenters. The van der Waals surface area contributed by atoms with E-state index in [1.165, 1.54) is 10.4 Å². The number of hydrogen-bond donors (Lipinski definition) is 3. The fourth-order valence-electron chi connectivity index (χ4n) is 3.36. The Balaban J connectivity index is 2.12. The van der Waals surface area contributed by atoms with Crippen molar-refractivity contribution in [2.75, 3.05) is 10.8 Å². The van der Waals surface area contributed by atoms with Gasteiger partial charge in [-0.2, -0.15) is 4.31 Å². The molecule has 0 fully saturated rings. The minimum absolute atomic E-state index is 0.105. The maximum absolute atomic E-state index is 14.5. The van der Waals surface area contributed by atoms with Gasteiger partial charge in [-0.05, 0) is 68.0 Å². The lowest BCUT2D eigenvalue weighted by atomic mass is 10.1. The smallest absolute Gasteiger partial charge is 0.148 e. The predicted octanol–water partition coefficient (Wildman–Crippen LogP) is 4.80. The van der Waals surface area contributed by atoms with Crippen molar-refractivity contribution in [3.8, 4) is 0 Å².